The maximum absolute atomic E-state index is 12.5. The zero-order valence-corrected chi connectivity index (χ0v) is 12.2. The Kier molecular flexibility index (Phi) is 3.63. The van der Waals surface area contributed by atoms with Crippen LogP contribution in [0, 0.1) is 6.92 Å². The van der Waals surface area contributed by atoms with E-state index in [0.29, 0.717) is 34.7 Å². The third-order valence-electron chi connectivity index (χ3n) is 3.93. The second-order valence-electron chi connectivity index (χ2n) is 5.58. The molecule has 1 saturated carbocycles. The van der Waals surface area contributed by atoms with Crippen molar-refractivity contribution in [3.8, 4) is 0 Å². The highest BCUT2D eigenvalue weighted by Gasteiger charge is 2.28. The number of aliphatic hydroxyl groups excluding tert-OH is 1. The summed E-state index contributed by atoms with van der Waals surface area (Å²) in [7, 11) is 0. The van der Waals surface area contributed by atoms with E-state index in [1.165, 1.54) is 0 Å². The molecule has 1 unspecified atom stereocenters. The molecule has 1 atom stereocenters. The normalized spacial score (nSPS) is 16.1. The number of aryl methyl sites for hydroxylation is 1. The van der Waals surface area contributed by atoms with Crippen LogP contribution in [0.2, 0.25) is 0 Å². The van der Waals surface area contributed by atoms with Crippen LogP contribution in [0.25, 0.3) is 11.1 Å². The van der Waals surface area contributed by atoms with E-state index in [0.717, 1.165) is 18.5 Å². The lowest BCUT2D eigenvalue weighted by atomic mass is 10.1. The number of carbonyl (C=O) groups excluding carboxylic acids is 1. The number of hydrogen-bond acceptors (Lipinski definition) is 5. The number of nitrogens with zero attached hydrogens (tertiary/aromatic N) is 2. The van der Waals surface area contributed by atoms with E-state index in [2.05, 4.69) is 15.5 Å². The molecule has 2 N–H and O–H groups in total. The summed E-state index contributed by atoms with van der Waals surface area (Å²) in [5, 5.41) is 16.7. The van der Waals surface area contributed by atoms with Crippen molar-refractivity contribution < 1.29 is 14.4 Å². The predicted molar refractivity (Wildman–Crippen MR) is 77.1 cm³/mol. The predicted octanol–water partition coefficient (Wildman–Crippen LogP) is 1.91. The first-order chi connectivity index (χ1) is 10.1. The number of aromatic nitrogens is 2. The van der Waals surface area contributed by atoms with Gasteiger partial charge in [-0.05, 0) is 32.3 Å². The summed E-state index contributed by atoms with van der Waals surface area (Å²) >= 11 is 0. The summed E-state index contributed by atoms with van der Waals surface area (Å²) < 4.78 is 5.23. The Bertz CT molecular complexity index is 672. The number of nitrogens with one attached hydrogen (secondary N) is 1. The maximum Gasteiger partial charge on any atom is 0.259 e. The topological polar surface area (TPSA) is 88.2 Å². The third kappa shape index (κ3) is 2.63. The fraction of sp³-hybridized carbons (Fsp3) is 0.533. The van der Waals surface area contributed by atoms with Gasteiger partial charge in [0.2, 0.25) is 0 Å². The van der Waals surface area contributed by atoms with Crippen molar-refractivity contribution in [1.82, 2.24) is 15.5 Å². The molecule has 6 nitrogen and oxygen atoms in total. The highest BCUT2D eigenvalue weighted by Crippen LogP contribution is 2.40. The molecule has 1 aliphatic rings. The summed E-state index contributed by atoms with van der Waals surface area (Å²) in [6.45, 7) is 3.64. The summed E-state index contributed by atoms with van der Waals surface area (Å²) in [4.78, 5) is 17.0. The Hall–Kier alpha value is -1.95. The van der Waals surface area contributed by atoms with Gasteiger partial charge in [-0.25, -0.2) is 4.98 Å². The molecule has 2 heterocycles. The fourth-order valence-corrected chi connectivity index (χ4v) is 2.42. The smallest absolute Gasteiger partial charge is 0.259 e. The summed E-state index contributed by atoms with van der Waals surface area (Å²) in [6.07, 6.45) is 2.87. The molecule has 1 aliphatic carbocycles. The SMILES string of the molecule is CCC(CO)NC(=O)c1cc(C2CC2)nc2onc(C)c12. The van der Waals surface area contributed by atoms with Crippen molar-refractivity contribution in [2.24, 2.45) is 0 Å². The van der Waals surface area contributed by atoms with E-state index in [1.54, 1.807) is 6.92 Å². The molecule has 1 amide bonds. The number of hydrogen-bond donors (Lipinski definition) is 2. The minimum atomic E-state index is -0.245. The van der Waals surface area contributed by atoms with Crippen LogP contribution in [0.1, 0.15) is 53.8 Å². The zero-order valence-electron chi connectivity index (χ0n) is 12.2. The lowest BCUT2D eigenvalue weighted by Gasteiger charge is -2.14. The number of fused-ring (bicyclic) bond motifs is 1. The Morgan fingerprint density at radius 3 is 2.95 bits per heavy atom. The molecular formula is C15H19N3O3. The van der Waals surface area contributed by atoms with E-state index in [9.17, 15) is 9.90 Å². The van der Waals surface area contributed by atoms with Gasteiger partial charge in [0.25, 0.3) is 11.6 Å². The Morgan fingerprint density at radius 1 is 1.57 bits per heavy atom. The lowest BCUT2D eigenvalue weighted by molar-refractivity contribution is 0.0916. The van der Waals surface area contributed by atoms with Gasteiger partial charge in [0, 0.05) is 11.6 Å². The average Bonchev–Trinajstić information content (AvgIpc) is 3.28. The molecule has 0 bridgehead atoms. The first kappa shape index (κ1) is 14.0. The van der Waals surface area contributed by atoms with Crippen LogP contribution < -0.4 is 5.32 Å². The highest BCUT2D eigenvalue weighted by atomic mass is 16.5. The molecule has 0 aliphatic heterocycles. The number of aliphatic hydroxyl groups is 1. The van der Waals surface area contributed by atoms with E-state index >= 15 is 0 Å². The van der Waals surface area contributed by atoms with E-state index in [-0.39, 0.29) is 18.6 Å². The van der Waals surface area contributed by atoms with Crippen LogP contribution in [0.3, 0.4) is 0 Å². The molecule has 21 heavy (non-hydrogen) atoms. The van der Waals surface area contributed by atoms with Gasteiger partial charge in [-0.3, -0.25) is 4.79 Å². The number of amides is 1. The summed E-state index contributed by atoms with van der Waals surface area (Å²) in [5.41, 5.74) is 2.49. The second-order valence-corrected chi connectivity index (χ2v) is 5.58. The van der Waals surface area contributed by atoms with Gasteiger partial charge >= 0.3 is 0 Å². The molecule has 0 aromatic carbocycles. The standard InChI is InChI=1S/C15H19N3O3/c1-3-10(7-19)16-14(20)11-6-12(9-4-5-9)17-15-13(11)8(2)18-21-15/h6,9-10,19H,3-5,7H2,1-2H3,(H,16,20). The molecule has 6 heteroatoms. The van der Waals surface area contributed by atoms with Gasteiger partial charge in [-0.1, -0.05) is 12.1 Å². The first-order valence-electron chi connectivity index (χ1n) is 7.32. The molecule has 2 aromatic rings. The molecule has 0 spiro atoms. The Morgan fingerprint density at radius 2 is 2.33 bits per heavy atom. The largest absolute Gasteiger partial charge is 0.394 e. The van der Waals surface area contributed by atoms with Crippen LogP contribution >= 0.6 is 0 Å². The third-order valence-corrected chi connectivity index (χ3v) is 3.93. The van der Waals surface area contributed by atoms with Gasteiger partial charge in [0.1, 0.15) is 0 Å². The Labute approximate surface area is 122 Å². The lowest BCUT2D eigenvalue weighted by Crippen LogP contribution is -2.37. The minimum Gasteiger partial charge on any atom is -0.394 e. The molecule has 0 radical (unpaired) electrons. The molecule has 112 valence electrons. The van der Waals surface area contributed by atoms with Crippen molar-refractivity contribution >= 4 is 17.0 Å². The fourth-order valence-electron chi connectivity index (χ4n) is 2.42. The summed E-state index contributed by atoms with van der Waals surface area (Å²) in [6, 6.07) is 1.59. The molecule has 1 fully saturated rings. The first-order valence-corrected chi connectivity index (χ1v) is 7.32. The second kappa shape index (κ2) is 5.44. The van der Waals surface area contributed by atoms with Gasteiger partial charge in [-0.15, -0.1) is 0 Å². The number of rotatable bonds is 5. The number of pyridine rings is 1. The van der Waals surface area contributed by atoms with Crippen LogP contribution in [-0.2, 0) is 0 Å². The van der Waals surface area contributed by atoms with Crippen LogP contribution in [0.5, 0.6) is 0 Å². The quantitative estimate of drug-likeness (QED) is 0.877. The monoisotopic (exact) mass is 289 g/mol. The van der Waals surface area contributed by atoms with E-state index in [4.69, 9.17) is 4.52 Å². The molecule has 0 saturated heterocycles. The summed E-state index contributed by atoms with van der Waals surface area (Å²) in [5.74, 6) is 0.211. The Balaban J connectivity index is 2.02. The minimum absolute atomic E-state index is 0.0748. The molecular weight excluding hydrogens is 270 g/mol. The zero-order chi connectivity index (χ0) is 15.0. The van der Waals surface area contributed by atoms with Crippen molar-refractivity contribution in [2.75, 3.05) is 6.61 Å². The molecule has 2 aromatic heterocycles. The van der Waals surface area contributed by atoms with Crippen LogP contribution in [-0.4, -0.2) is 33.8 Å². The van der Waals surface area contributed by atoms with Crippen molar-refractivity contribution in [2.45, 2.75) is 45.1 Å². The van der Waals surface area contributed by atoms with Crippen molar-refractivity contribution in [3.63, 3.8) is 0 Å². The van der Waals surface area contributed by atoms with Crippen LogP contribution in [0.4, 0.5) is 0 Å². The average molecular weight is 289 g/mol. The van der Waals surface area contributed by atoms with E-state index in [1.807, 2.05) is 13.0 Å². The highest BCUT2D eigenvalue weighted by molar-refractivity contribution is 6.06. The van der Waals surface area contributed by atoms with Gasteiger partial charge in [-0.2, -0.15) is 0 Å². The van der Waals surface area contributed by atoms with Crippen LogP contribution in [0.15, 0.2) is 10.6 Å². The van der Waals surface area contributed by atoms with Crippen molar-refractivity contribution in [3.05, 3.63) is 23.0 Å². The van der Waals surface area contributed by atoms with Crippen molar-refractivity contribution in [1.29, 1.82) is 0 Å². The van der Waals surface area contributed by atoms with Gasteiger partial charge in [0.15, 0.2) is 0 Å². The van der Waals surface area contributed by atoms with Gasteiger partial charge < -0.3 is 14.9 Å². The van der Waals surface area contributed by atoms with E-state index < -0.39 is 0 Å². The maximum atomic E-state index is 12.5. The van der Waals surface area contributed by atoms with Gasteiger partial charge in [0.05, 0.1) is 29.3 Å². The number of carbonyl (C=O) groups is 1. The molecule has 3 rings (SSSR count).